The molecule has 140 valence electrons. The molecule has 1 amide bonds. The van der Waals surface area contributed by atoms with Crippen LogP contribution in [0.4, 0.5) is 0 Å². The van der Waals surface area contributed by atoms with Crippen LogP contribution in [0, 0.1) is 0 Å². The summed E-state index contributed by atoms with van der Waals surface area (Å²) in [6.45, 7) is 1.91. The first-order valence-corrected chi connectivity index (χ1v) is 9.53. The minimum Gasteiger partial charge on any atom is -0.497 e. The Morgan fingerprint density at radius 1 is 1.30 bits per heavy atom. The summed E-state index contributed by atoms with van der Waals surface area (Å²) >= 11 is 7.26. The third kappa shape index (κ3) is 4.99. The molecule has 0 bridgehead atoms. The molecule has 0 radical (unpaired) electrons. The molecule has 0 saturated heterocycles. The largest absolute Gasteiger partial charge is 0.497 e. The second kappa shape index (κ2) is 8.88. The van der Waals surface area contributed by atoms with Gasteiger partial charge in [-0.3, -0.25) is 4.79 Å². The molecule has 27 heavy (non-hydrogen) atoms. The van der Waals surface area contributed by atoms with Crippen LogP contribution in [0.3, 0.4) is 0 Å². The monoisotopic (exact) mass is 403 g/mol. The van der Waals surface area contributed by atoms with Crippen molar-refractivity contribution < 1.29 is 9.53 Å². The van der Waals surface area contributed by atoms with Gasteiger partial charge in [-0.2, -0.15) is 4.68 Å². The SMILES string of the molecule is COc1ccc(-n2nnnc2SCC(=O)N[C@H](C)c2cccc(Cl)c2)cc1. The van der Waals surface area contributed by atoms with E-state index in [1.807, 2.05) is 49.4 Å². The first-order valence-electron chi connectivity index (χ1n) is 8.17. The molecule has 1 aromatic heterocycles. The number of amides is 1. The number of hydrogen-bond donors (Lipinski definition) is 1. The number of methoxy groups -OCH3 is 1. The molecule has 0 aliphatic heterocycles. The number of benzene rings is 2. The average molecular weight is 404 g/mol. The zero-order valence-corrected chi connectivity index (χ0v) is 16.4. The topological polar surface area (TPSA) is 81.9 Å². The molecule has 2 aromatic carbocycles. The molecule has 1 N–H and O–H groups in total. The van der Waals surface area contributed by atoms with Crippen LogP contribution < -0.4 is 10.1 Å². The van der Waals surface area contributed by atoms with Gasteiger partial charge in [0.05, 0.1) is 24.6 Å². The summed E-state index contributed by atoms with van der Waals surface area (Å²) in [5, 5.41) is 15.8. The van der Waals surface area contributed by atoms with Crippen LogP contribution in [0.5, 0.6) is 5.75 Å². The average Bonchev–Trinajstić information content (AvgIpc) is 3.15. The van der Waals surface area contributed by atoms with E-state index < -0.39 is 0 Å². The van der Waals surface area contributed by atoms with Crippen LogP contribution in [-0.4, -0.2) is 39.0 Å². The number of aromatic nitrogens is 4. The van der Waals surface area contributed by atoms with Crippen LogP contribution in [0.2, 0.25) is 5.02 Å². The molecule has 0 aliphatic carbocycles. The number of ether oxygens (including phenoxy) is 1. The predicted octanol–water partition coefficient (Wildman–Crippen LogP) is 3.29. The van der Waals surface area contributed by atoms with Gasteiger partial charge in [-0.1, -0.05) is 35.5 Å². The van der Waals surface area contributed by atoms with Crippen LogP contribution >= 0.6 is 23.4 Å². The van der Waals surface area contributed by atoms with Crippen molar-refractivity contribution in [3.63, 3.8) is 0 Å². The first kappa shape index (κ1) is 19.2. The standard InChI is InChI=1S/C18H18ClN5O2S/c1-12(13-4-3-5-14(19)10-13)20-17(25)11-27-18-21-22-23-24(18)15-6-8-16(26-2)9-7-15/h3-10,12H,11H2,1-2H3,(H,20,25)/t12-/m1/s1. The van der Waals surface area contributed by atoms with Gasteiger partial charge in [-0.15, -0.1) is 5.10 Å². The second-order valence-corrected chi connectivity index (χ2v) is 7.08. The van der Waals surface area contributed by atoms with Crippen molar-refractivity contribution in [2.75, 3.05) is 12.9 Å². The molecule has 9 heteroatoms. The van der Waals surface area contributed by atoms with Crippen LogP contribution in [0.15, 0.2) is 53.7 Å². The van der Waals surface area contributed by atoms with Crippen molar-refractivity contribution in [1.29, 1.82) is 0 Å². The zero-order chi connectivity index (χ0) is 19.2. The van der Waals surface area contributed by atoms with E-state index in [0.717, 1.165) is 17.0 Å². The number of thioether (sulfide) groups is 1. The van der Waals surface area contributed by atoms with E-state index in [4.69, 9.17) is 16.3 Å². The molecule has 1 heterocycles. The minimum atomic E-state index is -0.144. The lowest BCUT2D eigenvalue weighted by Gasteiger charge is -2.14. The van der Waals surface area contributed by atoms with Crippen molar-refractivity contribution in [3.8, 4) is 11.4 Å². The van der Waals surface area contributed by atoms with Gasteiger partial charge in [-0.25, -0.2) is 0 Å². The van der Waals surface area contributed by atoms with Crippen molar-refractivity contribution in [3.05, 3.63) is 59.1 Å². The molecule has 1 atom stereocenters. The van der Waals surface area contributed by atoms with Crippen LogP contribution in [0.25, 0.3) is 5.69 Å². The predicted molar refractivity (Wildman–Crippen MR) is 104 cm³/mol. The molecule has 0 spiro atoms. The van der Waals surface area contributed by atoms with Gasteiger partial charge < -0.3 is 10.1 Å². The van der Waals surface area contributed by atoms with E-state index in [0.29, 0.717) is 10.2 Å². The van der Waals surface area contributed by atoms with E-state index in [-0.39, 0.29) is 17.7 Å². The molecule has 7 nitrogen and oxygen atoms in total. The highest BCUT2D eigenvalue weighted by molar-refractivity contribution is 7.99. The smallest absolute Gasteiger partial charge is 0.230 e. The van der Waals surface area contributed by atoms with Gasteiger partial charge in [0.15, 0.2) is 0 Å². The molecule has 0 aliphatic rings. The van der Waals surface area contributed by atoms with Gasteiger partial charge in [0.2, 0.25) is 11.1 Å². The molecule has 0 fully saturated rings. The van der Waals surface area contributed by atoms with Crippen molar-refractivity contribution in [1.82, 2.24) is 25.5 Å². The van der Waals surface area contributed by atoms with Crippen molar-refractivity contribution in [2.45, 2.75) is 18.1 Å². The van der Waals surface area contributed by atoms with E-state index in [9.17, 15) is 4.79 Å². The maximum absolute atomic E-state index is 12.3. The number of halogens is 1. The van der Waals surface area contributed by atoms with E-state index >= 15 is 0 Å². The van der Waals surface area contributed by atoms with Gasteiger partial charge in [0.1, 0.15) is 5.75 Å². The maximum atomic E-state index is 12.3. The van der Waals surface area contributed by atoms with Gasteiger partial charge in [0.25, 0.3) is 0 Å². The molecular weight excluding hydrogens is 386 g/mol. The Hall–Kier alpha value is -2.58. The molecule has 3 rings (SSSR count). The summed E-state index contributed by atoms with van der Waals surface area (Å²) in [7, 11) is 1.61. The van der Waals surface area contributed by atoms with Gasteiger partial charge in [-0.05, 0) is 59.3 Å². The lowest BCUT2D eigenvalue weighted by Crippen LogP contribution is -2.28. The number of rotatable bonds is 7. The van der Waals surface area contributed by atoms with Crippen molar-refractivity contribution >= 4 is 29.3 Å². The van der Waals surface area contributed by atoms with Gasteiger partial charge in [0, 0.05) is 5.02 Å². The number of carbonyl (C=O) groups is 1. The number of hydrogen-bond acceptors (Lipinski definition) is 6. The highest BCUT2D eigenvalue weighted by Gasteiger charge is 2.14. The molecule has 0 unspecified atom stereocenters. The lowest BCUT2D eigenvalue weighted by atomic mass is 10.1. The van der Waals surface area contributed by atoms with Crippen LogP contribution in [0.1, 0.15) is 18.5 Å². The maximum Gasteiger partial charge on any atom is 0.230 e. The second-order valence-electron chi connectivity index (χ2n) is 5.70. The van der Waals surface area contributed by atoms with E-state index in [1.54, 1.807) is 17.9 Å². The number of carbonyl (C=O) groups excluding carboxylic acids is 1. The molecule has 0 saturated carbocycles. The van der Waals surface area contributed by atoms with Crippen molar-refractivity contribution in [2.24, 2.45) is 0 Å². The third-order valence-corrected chi connectivity index (χ3v) is 4.97. The van der Waals surface area contributed by atoms with E-state index in [2.05, 4.69) is 20.8 Å². The Morgan fingerprint density at radius 3 is 2.78 bits per heavy atom. The highest BCUT2D eigenvalue weighted by atomic mass is 35.5. The molecule has 3 aromatic rings. The van der Waals surface area contributed by atoms with E-state index in [1.165, 1.54) is 11.8 Å². The Morgan fingerprint density at radius 2 is 2.07 bits per heavy atom. The zero-order valence-electron chi connectivity index (χ0n) is 14.8. The third-order valence-electron chi connectivity index (χ3n) is 3.82. The normalized spacial score (nSPS) is 11.8. The van der Waals surface area contributed by atoms with Crippen LogP contribution in [-0.2, 0) is 4.79 Å². The summed E-state index contributed by atoms with van der Waals surface area (Å²) < 4.78 is 6.73. The Balaban J connectivity index is 1.60. The summed E-state index contributed by atoms with van der Waals surface area (Å²) in [4.78, 5) is 12.3. The Bertz CT molecular complexity index is 916. The summed E-state index contributed by atoms with van der Waals surface area (Å²) in [6, 6.07) is 14.6. The number of nitrogens with zero attached hydrogens (tertiary/aromatic N) is 4. The lowest BCUT2D eigenvalue weighted by molar-refractivity contribution is -0.119. The minimum absolute atomic E-state index is 0.114. The fourth-order valence-electron chi connectivity index (χ4n) is 2.43. The fraction of sp³-hybridized carbons (Fsp3) is 0.222. The summed E-state index contributed by atoms with van der Waals surface area (Å²) in [5.41, 5.74) is 1.74. The first-order chi connectivity index (χ1) is 13.1. The summed E-state index contributed by atoms with van der Waals surface area (Å²) in [6.07, 6.45) is 0. The van der Waals surface area contributed by atoms with Gasteiger partial charge >= 0.3 is 0 Å². The Labute approximate surface area is 166 Å². The summed E-state index contributed by atoms with van der Waals surface area (Å²) in [5.74, 6) is 0.828. The highest BCUT2D eigenvalue weighted by Crippen LogP contribution is 2.21. The number of tetrazole rings is 1. The number of nitrogens with one attached hydrogen (secondary N) is 1. The quantitative estimate of drug-likeness (QED) is 0.609. The Kier molecular flexibility index (Phi) is 6.31. The molecular formula is C18H18ClN5O2S. The fourth-order valence-corrected chi connectivity index (χ4v) is 3.33.